The largest absolute Gasteiger partial charge is 0.391 e. The van der Waals surface area contributed by atoms with Crippen LogP contribution in [0.1, 0.15) is 45.4 Å². The Labute approximate surface area is 92.2 Å². The van der Waals surface area contributed by atoms with Crippen molar-refractivity contribution in [2.24, 2.45) is 11.7 Å². The van der Waals surface area contributed by atoms with Crippen molar-refractivity contribution in [1.29, 1.82) is 0 Å². The number of nitrogens with two attached hydrogens (primary N) is 1. The van der Waals surface area contributed by atoms with Crippen LogP contribution in [0, 0.1) is 5.92 Å². The monoisotopic (exact) mass is 215 g/mol. The van der Waals surface area contributed by atoms with Gasteiger partial charge in [0.2, 0.25) is 0 Å². The minimum atomic E-state index is -0.00748. The summed E-state index contributed by atoms with van der Waals surface area (Å²) in [6, 6.07) is 0. The molecule has 0 amide bonds. The van der Waals surface area contributed by atoms with E-state index in [1.165, 1.54) is 32.1 Å². The Balaban J connectivity index is 2.20. The number of ether oxygens (including phenoxy) is 1. The molecule has 1 fully saturated rings. The zero-order chi connectivity index (χ0) is 10.4. The van der Waals surface area contributed by atoms with Gasteiger partial charge in [0.25, 0.3) is 0 Å². The van der Waals surface area contributed by atoms with E-state index < -0.39 is 0 Å². The predicted octanol–water partition coefficient (Wildman–Crippen LogP) is 2.65. The van der Waals surface area contributed by atoms with Crippen molar-refractivity contribution in [3.8, 4) is 0 Å². The van der Waals surface area contributed by atoms with Crippen LogP contribution in [-0.4, -0.2) is 17.7 Å². The summed E-state index contributed by atoms with van der Waals surface area (Å²) in [5.74, 6) is 0.743. The first kappa shape index (κ1) is 11.9. The first-order valence-corrected chi connectivity index (χ1v) is 6.05. The SMILES string of the molecule is CCC(OCC1CCCCC1)C(N)=S. The maximum atomic E-state index is 5.73. The molecule has 1 rings (SSSR count). The van der Waals surface area contributed by atoms with Gasteiger partial charge in [-0.3, -0.25) is 0 Å². The van der Waals surface area contributed by atoms with E-state index in [0.717, 1.165) is 18.9 Å². The summed E-state index contributed by atoms with van der Waals surface area (Å²) in [6.45, 7) is 2.90. The highest BCUT2D eigenvalue weighted by atomic mass is 32.1. The Bertz CT molecular complexity index is 178. The fraction of sp³-hybridized carbons (Fsp3) is 0.909. The Hall–Kier alpha value is -0.150. The average molecular weight is 215 g/mol. The van der Waals surface area contributed by atoms with Gasteiger partial charge in [-0.15, -0.1) is 0 Å². The standard InChI is InChI=1S/C11H21NOS/c1-2-10(11(12)14)13-8-9-6-4-3-5-7-9/h9-10H,2-8H2,1H3,(H2,12,14). The highest BCUT2D eigenvalue weighted by Crippen LogP contribution is 2.24. The highest BCUT2D eigenvalue weighted by molar-refractivity contribution is 7.80. The molecule has 1 unspecified atom stereocenters. The van der Waals surface area contributed by atoms with Gasteiger partial charge < -0.3 is 10.5 Å². The van der Waals surface area contributed by atoms with Crippen LogP contribution in [0.15, 0.2) is 0 Å². The van der Waals surface area contributed by atoms with Crippen LogP contribution in [0.25, 0.3) is 0 Å². The third kappa shape index (κ3) is 3.93. The zero-order valence-electron chi connectivity index (χ0n) is 9.00. The molecule has 2 N–H and O–H groups in total. The second-order valence-corrected chi connectivity index (χ2v) is 4.61. The topological polar surface area (TPSA) is 35.2 Å². The lowest BCUT2D eigenvalue weighted by atomic mass is 9.90. The molecule has 0 bridgehead atoms. The van der Waals surface area contributed by atoms with Gasteiger partial charge in [-0.25, -0.2) is 0 Å². The van der Waals surface area contributed by atoms with Crippen LogP contribution in [0.2, 0.25) is 0 Å². The van der Waals surface area contributed by atoms with Crippen LogP contribution in [0.4, 0.5) is 0 Å². The van der Waals surface area contributed by atoms with Gasteiger partial charge in [0.1, 0.15) is 11.1 Å². The van der Waals surface area contributed by atoms with Crippen molar-refractivity contribution < 1.29 is 4.74 Å². The van der Waals surface area contributed by atoms with E-state index in [4.69, 9.17) is 22.7 Å². The van der Waals surface area contributed by atoms with Gasteiger partial charge in [-0.2, -0.15) is 0 Å². The highest BCUT2D eigenvalue weighted by Gasteiger charge is 2.16. The minimum absolute atomic E-state index is 0.00748. The molecule has 82 valence electrons. The fourth-order valence-electron chi connectivity index (χ4n) is 2.01. The Morgan fingerprint density at radius 1 is 1.43 bits per heavy atom. The molecule has 0 aromatic carbocycles. The van der Waals surface area contributed by atoms with Gasteiger partial charge in [0, 0.05) is 0 Å². The summed E-state index contributed by atoms with van der Waals surface area (Å²) in [7, 11) is 0. The molecule has 0 saturated heterocycles. The van der Waals surface area contributed by atoms with E-state index in [2.05, 4.69) is 6.92 Å². The van der Waals surface area contributed by atoms with E-state index in [1.807, 2.05) is 0 Å². The third-order valence-corrected chi connectivity index (χ3v) is 3.21. The van der Waals surface area contributed by atoms with Crippen molar-refractivity contribution in [2.75, 3.05) is 6.61 Å². The minimum Gasteiger partial charge on any atom is -0.391 e. The molecular formula is C11H21NOS. The van der Waals surface area contributed by atoms with Gasteiger partial charge in [-0.05, 0) is 25.2 Å². The van der Waals surface area contributed by atoms with Crippen molar-refractivity contribution in [1.82, 2.24) is 0 Å². The van der Waals surface area contributed by atoms with Crippen LogP contribution in [0.5, 0.6) is 0 Å². The average Bonchev–Trinajstić information content (AvgIpc) is 2.20. The Kier molecular flexibility index (Phi) is 5.41. The summed E-state index contributed by atoms with van der Waals surface area (Å²) in [5, 5.41) is 0. The number of rotatable bonds is 5. The van der Waals surface area contributed by atoms with Crippen molar-refractivity contribution in [3.63, 3.8) is 0 Å². The molecule has 0 aromatic rings. The summed E-state index contributed by atoms with van der Waals surface area (Å²) in [5.41, 5.74) is 5.57. The molecule has 1 saturated carbocycles. The molecular weight excluding hydrogens is 194 g/mol. The normalized spacial score (nSPS) is 20.6. The van der Waals surface area contributed by atoms with E-state index in [0.29, 0.717) is 4.99 Å². The van der Waals surface area contributed by atoms with E-state index in [9.17, 15) is 0 Å². The zero-order valence-corrected chi connectivity index (χ0v) is 9.81. The quantitative estimate of drug-likeness (QED) is 0.716. The molecule has 1 aliphatic carbocycles. The lowest BCUT2D eigenvalue weighted by Gasteiger charge is -2.23. The maximum Gasteiger partial charge on any atom is 0.107 e. The summed E-state index contributed by atoms with van der Waals surface area (Å²) in [6.07, 6.45) is 7.62. The molecule has 0 heterocycles. The molecule has 14 heavy (non-hydrogen) atoms. The van der Waals surface area contributed by atoms with Crippen LogP contribution >= 0.6 is 12.2 Å². The lowest BCUT2D eigenvalue weighted by Crippen LogP contribution is -2.30. The van der Waals surface area contributed by atoms with Gasteiger partial charge >= 0.3 is 0 Å². The first-order chi connectivity index (χ1) is 6.74. The third-order valence-electron chi connectivity index (χ3n) is 2.95. The van der Waals surface area contributed by atoms with E-state index in [-0.39, 0.29) is 6.10 Å². The molecule has 3 heteroatoms. The first-order valence-electron chi connectivity index (χ1n) is 5.65. The number of hydrogen-bond donors (Lipinski definition) is 1. The Morgan fingerprint density at radius 3 is 2.57 bits per heavy atom. The number of thiocarbonyl (C=S) groups is 1. The van der Waals surface area contributed by atoms with Crippen molar-refractivity contribution in [2.45, 2.75) is 51.6 Å². The van der Waals surface area contributed by atoms with Gasteiger partial charge in [0.15, 0.2) is 0 Å². The van der Waals surface area contributed by atoms with Crippen LogP contribution in [-0.2, 0) is 4.74 Å². The van der Waals surface area contributed by atoms with E-state index in [1.54, 1.807) is 0 Å². The second-order valence-electron chi connectivity index (χ2n) is 4.14. The molecule has 1 aliphatic rings. The fourth-order valence-corrected chi connectivity index (χ4v) is 2.24. The molecule has 0 aliphatic heterocycles. The predicted molar refractivity (Wildman–Crippen MR) is 63.4 cm³/mol. The van der Waals surface area contributed by atoms with Gasteiger partial charge in [0.05, 0.1) is 6.61 Å². The molecule has 0 spiro atoms. The lowest BCUT2D eigenvalue weighted by molar-refractivity contribution is 0.0555. The molecule has 0 radical (unpaired) electrons. The van der Waals surface area contributed by atoms with Crippen molar-refractivity contribution in [3.05, 3.63) is 0 Å². The van der Waals surface area contributed by atoms with E-state index >= 15 is 0 Å². The summed E-state index contributed by atoms with van der Waals surface area (Å²) in [4.78, 5) is 0.503. The van der Waals surface area contributed by atoms with Crippen LogP contribution < -0.4 is 5.73 Å². The molecule has 2 nitrogen and oxygen atoms in total. The van der Waals surface area contributed by atoms with Gasteiger partial charge in [-0.1, -0.05) is 38.4 Å². The summed E-state index contributed by atoms with van der Waals surface area (Å²) < 4.78 is 5.73. The molecule has 1 atom stereocenters. The van der Waals surface area contributed by atoms with Crippen LogP contribution in [0.3, 0.4) is 0 Å². The smallest absolute Gasteiger partial charge is 0.107 e. The summed E-state index contributed by atoms with van der Waals surface area (Å²) >= 11 is 4.94. The second kappa shape index (κ2) is 6.36. The van der Waals surface area contributed by atoms with Crippen molar-refractivity contribution >= 4 is 17.2 Å². The molecule has 0 aromatic heterocycles. The maximum absolute atomic E-state index is 5.73. The Morgan fingerprint density at radius 2 is 2.07 bits per heavy atom. The number of hydrogen-bond acceptors (Lipinski definition) is 2.